The van der Waals surface area contributed by atoms with E-state index in [0.29, 0.717) is 0 Å². The molecule has 0 aliphatic rings. The van der Waals surface area contributed by atoms with Crippen LogP contribution in [0.2, 0.25) is 0 Å². The van der Waals surface area contributed by atoms with Gasteiger partial charge in [0, 0.05) is 14.0 Å². The van der Waals surface area contributed by atoms with Gasteiger partial charge in [-0.05, 0) is 0 Å². The Balaban J connectivity index is 3.45. The van der Waals surface area contributed by atoms with Gasteiger partial charge in [-0.25, -0.2) is 0 Å². The summed E-state index contributed by atoms with van der Waals surface area (Å²) in [6, 6.07) is 0. The van der Waals surface area contributed by atoms with Crippen LogP contribution in [-0.2, 0) is 7.05 Å². The summed E-state index contributed by atoms with van der Waals surface area (Å²) in [6.45, 7) is 1.29. The van der Waals surface area contributed by atoms with Crippen LogP contribution in [0.25, 0.3) is 0 Å². The van der Waals surface area contributed by atoms with Crippen molar-refractivity contribution in [1.82, 2.24) is 9.78 Å². The first-order valence-corrected chi connectivity index (χ1v) is 3.69. The highest BCUT2D eigenvalue weighted by Gasteiger charge is 2.12. The van der Waals surface area contributed by atoms with Crippen LogP contribution < -0.4 is 10.2 Å². The molecule has 70 valence electrons. The van der Waals surface area contributed by atoms with Crippen molar-refractivity contribution in [3.63, 3.8) is 0 Å². The predicted octanol–water partition coefficient (Wildman–Crippen LogP) is -0.00850. The molecular weight excluding hydrogens is 172 g/mol. The second-order valence-electron chi connectivity index (χ2n) is 2.61. The summed E-state index contributed by atoms with van der Waals surface area (Å²) in [5, 5.41) is 3.76. The van der Waals surface area contributed by atoms with Crippen molar-refractivity contribution in [2.24, 2.45) is 7.05 Å². The molecule has 1 aromatic heterocycles. The third kappa shape index (κ3) is 1.74. The molecule has 0 aromatic carbocycles. The molecule has 0 unspecified atom stereocenters. The molecule has 5 nitrogen and oxygen atoms in total. The molecule has 0 amide bonds. The largest absolute Gasteiger partial charge is 0.491 e. The zero-order valence-electron chi connectivity index (χ0n) is 7.70. The average molecular weight is 182 g/mol. The number of rotatable bonds is 2. The summed E-state index contributed by atoms with van der Waals surface area (Å²) in [4.78, 5) is 22.3. The predicted molar refractivity (Wildman–Crippen MR) is 46.0 cm³/mol. The Morgan fingerprint density at radius 3 is 2.69 bits per heavy atom. The van der Waals surface area contributed by atoms with E-state index in [-0.39, 0.29) is 17.2 Å². The number of methoxy groups -OCH3 is 1. The number of Topliss-reactive ketones (excluding diaryl/α,β-unsaturated/α-hetero) is 1. The number of ether oxygens (including phenoxy) is 1. The Morgan fingerprint density at radius 2 is 2.23 bits per heavy atom. The minimum atomic E-state index is -0.465. The molecule has 1 aromatic rings. The quantitative estimate of drug-likeness (QED) is 0.603. The van der Waals surface area contributed by atoms with E-state index in [2.05, 4.69) is 5.10 Å². The molecule has 0 N–H and O–H groups in total. The van der Waals surface area contributed by atoms with E-state index >= 15 is 0 Å². The third-order valence-corrected chi connectivity index (χ3v) is 1.55. The minimum Gasteiger partial charge on any atom is -0.491 e. The van der Waals surface area contributed by atoms with Gasteiger partial charge in [-0.15, -0.1) is 0 Å². The standard InChI is InChI=1S/C8H10N2O3/c1-5(11)7-8(12)6(13-3)4-10(2)9-7/h4H,1-3H3. The van der Waals surface area contributed by atoms with Crippen LogP contribution in [0, 0.1) is 0 Å². The van der Waals surface area contributed by atoms with Crippen LogP contribution in [0.4, 0.5) is 0 Å². The van der Waals surface area contributed by atoms with Crippen molar-refractivity contribution < 1.29 is 9.53 Å². The number of carbonyl (C=O) groups excluding carboxylic acids is 1. The van der Waals surface area contributed by atoms with Crippen LogP contribution in [0.5, 0.6) is 5.75 Å². The fourth-order valence-electron chi connectivity index (χ4n) is 0.953. The maximum absolute atomic E-state index is 11.4. The maximum Gasteiger partial charge on any atom is 0.252 e. The van der Waals surface area contributed by atoms with Crippen molar-refractivity contribution >= 4 is 5.78 Å². The van der Waals surface area contributed by atoms with Gasteiger partial charge >= 0.3 is 0 Å². The van der Waals surface area contributed by atoms with E-state index in [1.165, 1.54) is 24.9 Å². The molecule has 0 saturated heterocycles. The smallest absolute Gasteiger partial charge is 0.252 e. The van der Waals surface area contributed by atoms with Crippen LogP contribution in [-0.4, -0.2) is 22.7 Å². The third-order valence-electron chi connectivity index (χ3n) is 1.55. The van der Waals surface area contributed by atoms with Crippen molar-refractivity contribution in [1.29, 1.82) is 0 Å². The van der Waals surface area contributed by atoms with Crippen molar-refractivity contribution in [3.05, 3.63) is 22.1 Å². The zero-order valence-corrected chi connectivity index (χ0v) is 7.70. The second kappa shape index (κ2) is 3.38. The monoisotopic (exact) mass is 182 g/mol. The highest BCUT2D eigenvalue weighted by Crippen LogP contribution is 2.01. The van der Waals surface area contributed by atoms with E-state index in [1.807, 2.05) is 0 Å². The second-order valence-corrected chi connectivity index (χ2v) is 2.61. The van der Waals surface area contributed by atoms with Crippen LogP contribution >= 0.6 is 0 Å². The Bertz CT molecular complexity index is 395. The van der Waals surface area contributed by atoms with Gasteiger partial charge in [0.15, 0.2) is 17.2 Å². The molecule has 0 aliphatic carbocycles. The highest BCUT2D eigenvalue weighted by molar-refractivity contribution is 5.92. The molecule has 13 heavy (non-hydrogen) atoms. The molecule has 5 heteroatoms. The summed E-state index contributed by atoms with van der Waals surface area (Å²) in [5.41, 5.74) is -0.560. The van der Waals surface area contributed by atoms with Gasteiger partial charge in [-0.2, -0.15) is 5.10 Å². The molecule has 0 radical (unpaired) electrons. The normalized spacial score (nSPS) is 9.77. The molecule has 0 spiro atoms. The number of hydrogen-bond donors (Lipinski definition) is 0. The summed E-state index contributed by atoms with van der Waals surface area (Å²) in [5.74, 6) is -0.234. The maximum atomic E-state index is 11.4. The fraction of sp³-hybridized carbons (Fsp3) is 0.375. The van der Waals surface area contributed by atoms with Gasteiger partial charge in [0.1, 0.15) is 0 Å². The highest BCUT2D eigenvalue weighted by atomic mass is 16.5. The SMILES string of the molecule is COc1cn(C)nc(C(C)=O)c1=O. The Hall–Kier alpha value is -1.65. The van der Waals surface area contributed by atoms with Crippen LogP contribution in [0.1, 0.15) is 17.4 Å². The van der Waals surface area contributed by atoms with E-state index in [1.54, 1.807) is 7.05 Å². The molecule has 1 heterocycles. The fourth-order valence-corrected chi connectivity index (χ4v) is 0.953. The van der Waals surface area contributed by atoms with Crippen molar-refractivity contribution in [2.75, 3.05) is 7.11 Å². The van der Waals surface area contributed by atoms with Gasteiger partial charge in [0.25, 0.3) is 5.43 Å². The molecular formula is C8H10N2O3. The molecule has 0 saturated carbocycles. The first-order valence-electron chi connectivity index (χ1n) is 3.69. The lowest BCUT2D eigenvalue weighted by atomic mass is 10.3. The van der Waals surface area contributed by atoms with E-state index in [4.69, 9.17) is 4.74 Å². The van der Waals surface area contributed by atoms with E-state index < -0.39 is 5.43 Å². The van der Waals surface area contributed by atoms with Crippen molar-refractivity contribution in [3.8, 4) is 5.75 Å². The lowest BCUT2D eigenvalue weighted by Gasteiger charge is -2.03. The lowest BCUT2D eigenvalue weighted by molar-refractivity contribution is 0.100. The topological polar surface area (TPSA) is 61.2 Å². The number of aryl methyl sites for hydroxylation is 1. The molecule has 0 fully saturated rings. The van der Waals surface area contributed by atoms with Gasteiger partial charge in [0.2, 0.25) is 0 Å². The summed E-state index contributed by atoms with van der Waals surface area (Å²) in [7, 11) is 3.00. The Morgan fingerprint density at radius 1 is 1.62 bits per heavy atom. The molecule has 0 bridgehead atoms. The number of carbonyl (C=O) groups is 1. The Kier molecular flexibility index (Phi) is 2.46. The van der Waals surface area contributed by atoms with Crippen LogP contribution in [0.15, 0.2) is 11.0 Å². The number of nitrogens with zero attached hydrogens (tertiary/aromatic N) is 2. The first-order chi connectivity index (χ1) is 6.06. The van der Waals surface area contributed by atoms with Gasteiger partial charge in [-0.1, -0.05) is 0 Å². The number of hydrogen-bond acceptors (Lipinski definition) is 4. The lowest BCUT2D eigenvalue weighted by Crippen LogP contribution is -2.20. The molecule has 0 atom stereocenters. The van der Waals surface area contributed by atoms with Gasteiger partial charge in [-0.3, -0.25) is 14.3 Å². The first kappa shape index (κ1) is 9.44. The minimum absolute atomic E-state index is 0.0955. The van der Waals surface area contributed by atoms with Gasteiger partial charge < -0.3 is 4.74 Å². The molecule has 1 rings (SSSR count). The van der Waals surface area contributed by atoms with Crippen molar-refractivity contribution in [2.45, 2.75) is 6.92 Å². The molecule has 0 aliphatic heterocycles. The average Bonchev–Trinajstić information content (AvgIpc) is 2.08. The van der Waals surface area contributed by atoms with E-state index in [9.17, 15) is 9.59 Å². The van der Waals surface area contributed by atoms with Gasteiger partial charge in [0.05, 0.1) is 13.3 Å². The number of aromatic nitrogens is 2. The number of ketones is 1. The van der Waals surface area contributed by atoms with Crippen LogP contribution in [0.3, 0.4) is 0 Å². The Labute approximate surface area is 74.9 Å². The summed E-state index contributed by atoms with van der Waals surface area (Å²) >= 11 is 0. The van der Waals surface area contributed by atoms with E-state index in [0.717, 1.165) is 0 Å². The summed E-state index contributed by atoms with van der Waals surface area (Å²) < 4.78 is 6.16. The zero-order chi connectivity index (χ0) is 10.0. The summed E-state index contributed by atoms with van der Waals surface area (Å²) in [6.07, 6.45) is 1.43.